The van der Waals surface area contributed by atoms with Crippen LogP contribution in [0, 0.1) is 0 Å². The van der Waals surface area contributed by atoms with E-state index in [0.29, 0.717) is 27.7 Å². The largest absolute Gasteiger partial charge is 0.493 e. The number of hydrazone groups is 1. The summed E-state index contributed by atoms with van der Waals surface area (Å²) in [5, 5.41) is 4.66. The highest BCUT2D eigenvalue weighted by atomic mass is 35.5. The number of methoxy groups -OCH3 is 1. The van der Waals surface area contributed by atoms with Crippen molar-refractivity contribution in [2.45, 2.75) is 44.7 Å². The Morgan fingerprint density at radius 2 is 1.70 bits per heavy atom. The number of esters is 1. The number of sulfonamides is 1. The highest BCUT2D eigenvalue weighted by molar-refractivity contribution is 7.89. The molecule has 0 saturated heterocycles. The number of benzene rings is 2. The standard InChI is InChI=1S/C26H29ClN4O5S/c1-17(2)31(18(3)4)37(33,34)22-11-13-25(28-16-22)30-29-15-19-6-12-23(24(14-19)35-5)36-26(32)20-7-9-21(27)10-8-20/h6-18H,1-5H3,(H,28,30). The van der Waals surface area contributed by atoms with Gasteiger partial charge >= 0.3 is 5.97 Å². The first-order valence-corrected chi connectivity index (χ1v) is 13.3. The van der Waals surface area contributed by atoms with Crippen LogP contribution in [0.1, 0.15) is 43.6 Å². The number of hydrogen-bond acceptors (Lipinski definition) is 8. The second-order valence-corrected chi connectivity index (χ2v) is 10.9. The summed E-state index contributed by atoms with van der Waals surface area (Å²) in [6.45, 7) is 7.34. The normalized spacial score (nSPS) is 11.9. The average Bonchev–Trinajstić information content (AvgIpc) is 2.84. The molecule has 0 radical (unpaired) electrons. The van der Waals surface area contributed by atoms with E-state index < -0.39 is 16.0 Å². The molecule has 3 aromatic rings. The number of carbonyl (C=O) groups is 1. The molecule has 3 rings (SSSR count). The van der Waals surface area contributed by atoms with Crippen molar-refractivity contribution in [3.8, 4) is 11.5 Å². The molecule has 2 aromatic carbocycles. The molecule has 0 bridgehead atoms. The van der Waals surface area contributed by atoms with E-state index in [9.17, 15) is 13.2 Å². The van der Waals surface area contributed by atoms with Crippen molar-refractivity contribution in [3.63, 3.8) is 0 Å². The van der Waals surface area contributed by atoms with E-state index >= 15 is 0 Å². The summed E-state index contributed by atoms with van der Waals surface area (Å²) in [7, 11) is -2.21. The van der Waals surface area contributed by atoms with Gasteiger partial charge < -0.3 is 9.47 Å². The Labute approximate surface area is 222 Å². The predicted molar refractivity (Wildman–Crippen MR) is 144 cm³/mol. The van der Waals surface area contributed by atoms with Gasteiger partial charge in [0.2, 0.25) is 10.0 Å². The molecule has 1 N–H and O–H groups in total. The summed E-state index contributed by atoms with van der Waals surface area (Å²) in [5.41, 5.74) is 3.79. The van der Waals surface area contributed by atoms with Gasteiger partial charge in [0.1, 0.15) is 10.7 Å². The van der Waals surface area contributed by atoms with Gasteiger partial charge in [-0.15, -0.1) is 0 Å². The lowest BCUT2D eigenvalue weighted by atomic mass is 10.2. The molecule has 0 amide bonds. The number of carbonyl (C=O) groups excluding carboxylic acids is 1. The van der Waals surface area contributed by atoms with E-state index in [2.05, 4.69) is 15.5 Å². The summed E-state index contributed by atoms with van der Waals surface area (Å²) in [5.74, 6) is 0.428. The maximum Gasteiger partial charge on any atom is 0.343 e. The van der Waals surface area contributed by atoms with Crippen LogP contribution in [0.25, 0.3) is 0 Å². The lowest BCUT2D eigenvalue weighted by Gasteiger charge is -2.29. The number of hydrogen-bond donors (Lipinski definition) is 1. The molecule has 0 aliphatic heterocycles. The quantitative estimate of drug-likeness (QED) is 0.161. The third kappa shape index (κ3) is 7.06. The molecule has 0 aliphatic carbocycles. The zero-order valence-electron chi connectivity index (χ0n) is 21.2. The fraction of sp³-hybridized carbons (Fsp3) is 0.269. The lowest BCUT2D eigenvalue weighted by Crippen LogP contribution is -2.41. The van der Waals surface area contributed by atoms with Crippen LogP contribution < -0.4 is 14.9 Å². The number of halogens is 1. The Bertz CT molecular complexity index is 1350. The second kappa shape index (κ2) is 12.2. The number of ether oxygens (including phenoxy) is 2. The Morgan fingerprint density at radius 1 is 1.03 bits per heavy atom. The second-order valence-electron chi connectivity index (χ2n) is 8.58. The molecule has 37 heavy (non-hydrogen) atoms. The Kier molecular flexibility index (Phi) is 9.25. The zero-order valence-corrected chi connectivity index (χ0v) is 22.7. The van der Waals surface area contributed by atoms with Crippen LogP contribution in [0.4, 0.5) is 5.82 Å². The first-order valence-electron chi connectivity index (χ1n) is 11.5. The van der Waals surface area contributed by atoms with Crippen molar-refractivity contribution in [2.75, 3.05) is 12.5 Å². The molecule has 0 saturated carbocycles. The Hall–Kier alpha value is -3.47. The van der Waals surface area contributed by atoms with Crippen LogP contribution in [0.3, 0.4) is 0 Å². The molecular formula is C26H29ClN4O5S. The summed E-state index contributed by atoms with van der Waals surface area (Å²) in [6.07, 6.45) is 2.83. The van der Waals surface area contributed by atoms with Gasteiger partial charge in [0.15, 0.2) is 11.5 Å². The minimum atomic E-state index is -3.67. The molecule has 0 aliphatic rings. The van der Waals surface area contributed by atoms with Gasteiger partial charge in [-0.3, -0.25) is 5.43 Å². The van der Waals surface area contributed by atoms with Crippen LogP contribution in [-0.2, 0) is 10.0 Å². The van der Waals surface area contributed by atoms with Crippen molar-refractivity contribution in [2.24, 2.45) is 5.10 Å². The molecule has 0 fully saturated rings. The smallest absolute Gasteiger partial charge is 0.343 e. The molecule has 11 heteroatoms. The first-order chi connectivity index (χ1) is 17.5. The van der Waals surface area contributed by atoms with Gasteiger partial charge in [-0.1, -0.05) is 11.6 Å². The van der Waals surface area contributed by atoms with Crippen LogP contribution >= 0.6 is 11.6 Å². The van der Waals surface area contributed by atoms with Crippen molar-refractivity contribution < 1.29 is 22.7 Å². The molecule has 0 spiro atoms. The molecule has 1 aromatic heterocycles. The lowest BCUT2D eigenvalue weighted by molar-refractivity contribution is 0.0729. The third-order valence-electron chi connectivity index (χ3n) is 5.19. The zero-order chi connectivity index (χ0) is 27.2. The van der Waals surface area contributed by atoms with Gasteiger partial charge in [-0.25, -0.2) is 18.2 Å². The highest BCUT2D eigenvalue weighted by Crippen LogP contribution is 2.28. The maximum absolute atomic E-state index is 13.0. The molecule has 0 unspecified atom stereocenters. The van der Waals surface area contributed by atoms with E-state index in [1.54, 1.807) is 48.5 Å². The number of aromatic nitrogens is 1. The summed E-state index contributed by atoms with van der Waals surface area (Å²) in [6, 6.07) is 14.0. The number of anilines is 1. The van der Waals surface area contributed by atoms with Crippen LogP contribution in [-0.4, -0.2) is 49.1 Å². The summed E-state index contributed by atoms with van der Waals surface area (Å²) < 4.78 is 38.2. The van der Waals surface area contributed by atoms with Gasteiger partial charge in [0, 0.05) is 23.3 Å². The van der Waals surface area contributed by atoms with Crippen molar-refractivity contribution in [1.29, 1.82) is 0 Å². The van der Waals surface area contributed by atoms with E-state index in [-0.39, 0.29) is 22.7 Å². The molecule has 0 atom stereocenters. The van der Waals surface area contributed by atoms with Crippen LogP contribution in [0.15, 0.2) is 70.8 Å². The average molecular weight is 545 g/mol. The molecule has 196 valence electrons. The van der Waals surface area contributed by atoms with Crippen molar-refractivity contribution >= 4 is 39.6 Å². The van der Waals surface area contributed by atoms with E-state index in [1.807, 2.05) is 27.7 Å². The Balaban J connectivity index is 1.67. The van der Waals surface area contributed by atoms with Gasteiger partial charge in [-0.05, 0) is 87.9 Å². The predicted octanol–water partition coefficient (Wildman–Crippen LogP) is 5.22. The monoisotopic (exact) mass is 544 g/mol. The van der Waals surface area contributed by atoms with Crippen LogP contribution in [0.5, 0.6) is 11.5 Å². The third-order valence-corrected chi connectivity index (χ3v) is 7.68. The number of pyridine rings is 1. The van der Waals surface area contributed by atoms with E-state index in [0.717, 1.165) is 0 Å². The fourth-order valence-corrected chi connectivity index (χ4v) is 5.54. The number of nitrogens with one attached hydrogen (secondary N) is 1. The minimum absolute atomic E-state index is 0.109. The highest BCUT2D eigenvalue weighted by Gasteiger charge is 2.29. The van der Waals surface area contributed by atoms with Crippen LogP contribution in [0.2, 0.25) is 5.02 Å². The maximum atomic E-state index is 13.0. The van der Waals surface area contributed by atoms with Crippen molar-refractivity contribution in [3.05, 3.63) is 76.9 Å². The molecule has 1 heterocycles. The van der Waals surface area contributed by atoms with Gasteiger partial charge in [0.05, 0.1) is 18.9 Å². The number of rotatable bonds is 10. The van der Waals surface area contributed by atoms with Crippen molar-refractivity contribution in [1.82, 2.24) is 9.29 Å². The first kappa shape index (κ1) is 28.1. The Morgan fingerprint density at radius 3 is 2.27 bits per heavy atom. The summed E-state index contributed by atoms with van der Waals surface area (Å²) >= 11 is 5.86. The van der Waals surface area contributed by atoms with Gasteiger partial charge in [-0.2, -0.15) is 9.41 Å². The minimum Gasteiger partial charge on any atom is -0.493 e. The van der Waals surface area contributed by atoms with Gasteiger partial charge in [0.25, 0.3) is 0 Å². The fourth-order valence-electron chi connectivity index (χ4n) is 3.64. The molecule has 9 nitrogen and oxygen atoms in total. The topological polar surface area (TPSA) is 110 Å². The summed E-state index contributed by atoms with van der Waals surface area (Å²) in [4.78, 5) is 16.7. The van der Waals surface area contributed by atoms with E-state index in [4.69, 9.17) is 21.1 Å². The van der Waals surface area contributed by atoms with E-state index in [1.165, 1.54) is 29.9 Å². The SMILES string of the molecule is COc1cc(C=NNc2ccc(S(=O)(=O)N(C(C)C)C(C)C)cn2)ccc1OC(=O)c1ccc(Cl)cc1. The molecular weight excluding hydrogens is 516 g/mol. The number of nitrogens with zero attached hydrogens (tertiary/aromatic N) is 3.